The molecule has 3 N–H and O–H groups in total. The third-order valence-electron chi connectivity index (χ3n) is 2.86. The fraction of sp³-hybridized carbons (Fsp3) is 0.286. The van der Waals surface area contributed by atoms with E-state index < -0.39 is 23.7 Å². The van der Waals surface area contributed by atoms with E-state index in [9.17, 15) is 17.6 Å². The summed E-state index contributed by atoms with van der Waals surface area (Å²) in [6, 6.07) is 3.55. The minimum absolute atomic E-state index is 0.0135. The van der Waals surface area contributed by atoms with Gasteiger partial charge in [0, 0.05) is 12.1 Å². The zero-order chi connectivity index (χ0) is 17.9. The Balaban J connectivity index is 2.38. The van der Waals surface area contributed by atoms with Gasteiger partial charge in [-0.15, -0.1) is 0 Å². The molecular formula is C14H13ClF4N4O. The molecule has 0 aliphatic carbocycles. The minimum atomic E-state index is -4.69. The molecule has 0 fully saturated rings. The van der Waals surface area contributed by atoms with Crippen LogP contribution in [0, 0.1) is 5.82 Å². The second kappa shape index (κ2) is 7.18. The lowest BCUT2D eigenvalue weighted by Crippen LogP contribution is -2.22. The van der Waals surface area contributed by atoms with Crippen molar-refractivity contribution in [1.82, 2.24) is 9.97 Å². The minimum Gasteiger partial charge on any atom is -0.394 e. The Labute approximate surface area is 139 Å². The SMILES string of the molecule is C[C@H](CO)Nc1nc(Nc2ccc(F)cc2Cl)cc(C(F)(F)F)n1. The van der Waals surface area contributed by atoms with Crippen LogP contribution in [-0.2, 0) is 6.18 Å². The van der Waals surface area contributed by atoms with E-state index >= 15 is 0 Å². The Morgan fingerprint density at radius 2 is 1.96 bits per heavy atom. The van der Waals surface area contributed by atoms with Crippen LogP contribution in [0.25, 0.3) is 0 Å². The van der Waals surface area contributed by atoms with Crippen molar-refractivity contribution in [2.45, 2.75) is 19.1 Å². The summed E-state index contributed by atoms with van der Waals surface area (Å²) in [6.07, 6.45) is -4.69. The van der Waals surface area contributed by atoms with Crippen molar-refractivity contribution in [3.8, 4) is 0 Å². The smallest absolute Gasteiger partial charge is 0.394 e. The number of nitrogens with zero attached hydrogens (tertiary/aromatic N) is 2. The number of hydrogen-bond acceptors (Lipinski definition) is 5. The van der Waals surface area contributed by atoms with Gasteiger partial charge in [0.15, 0.2) is 5.69 Å². The molecule has 0 aliphatic rings. The van der Waals surface area contributed by atoms with E-state index in [-0.39, 0.29) is 29.1 Å². The van der Waals surface area contributed by atoms with Gasteiger partial charge in [0.2, 0.25) is 5.95 Å². The maximum absolute atomic E-state index is 13.0. The van der Waals surface area contributed by atoms with Gasteiger partial charge in [0.25, 0.3) is 0 Å². The number of benzene rings is 1. The fourth-order valence-electron chi connectivity index (χ4n) is 1.72. The predicted molar refractivity (Wildman–Crippen MR) is 81.9 cm³/mol. The van der Waals surface area contributed by atoms with E-state index in [4.69, 9.17) is 16.7 Å². The average Bonchev–Trinajstić information content (AvgIpc) is 2.49. The molecule has 0 saturated carbocycles. The monoisotopic (exact) mass is 364 g/mol. The molecule has 1 aromatic heterocycles. The Kier molecular flexibility index (Phi) is 5.45. The first-order valence-electron chi connectivity index (χ1n) is 6.75. The van der Waals surface area contributed by atoms with Crippen LogP contribution in [0.15, 0.2) is 24.3 Å². The Hall–Kier alpha value is -2.13. The van der Waals surface area contributed by atoms with Gasteiger partial charge >= 0.3 is 6.18 Å². The number of aliphatic hydroxyl groups is 1. The quantitative estimate of drug-likeness (QED) is 0.703. The summed E-state index contributed by atoms with van der Waals surface area (Å²) >= 11 is 5.84. The molecule has 1 heterocycles. The molecule has 1 aromatic carbocycles. The summed E-state index contributed by atoms with van der Waals surface area (Å²) in [5.41, 5.74) is -0.989. The van der Waals surface area contributed by atoms with Crippen molar-refractivity contribution in [2.75, 3.05) is 17.2 Å². The van der Waals surface area contributed by atoms with Gasteiger partial charge in [-0.05, 0) is 25.1 Å². The first kappa shape index (κ1) is 18.2. The molecule has 0 spiro atoms. The highest BCUT2D eigenvalue weighted by molar-refractivity contribution is 6.33. The molecular weight excluding hydrogens is 352 g/mol. The van der Waals surface area contributed by atoms with Gasteiger partial charge in [-0.2, -0.15) is 18.2 Å². The maximum atomic E-state index is 13.0. The fourth-order valence-corrected chi connectivity index (χ4v) is 1.93. The highest BCUT2D eigenvalue weighted by atomic mass is 35.5. The van der Waals surface area contributed by atoms with Gasteiger partial charge in [-0.25, -0.2) is 9.37 Å². The van der Waals surface area contributed by atoms with Gasteiger partial charge in [-0.3, -0.25) is 0 Å². The van der Waals surface area contributed by atoms with Crippen LogP contribution in [0.4, 0.5) is 35.0 Å². The van der Waals surface area contributed by atoms with Crippen LogP contribution >= 0.6 is 11.6 Å². The van der Waals surface area contributed by atoms with E-state index in [1.165, 1.54) is 6.07 Å². The Bertz CT molecular complexity index is 726. The number of halogens is 5. The van der Waals surface area contributed by atoms with Crippen molar-refractivity contribution < 1.29 is 22.7 Å². The summed E-state index contributed by atoms with van der Waals surface area (Å²) in [5, 5.41) is 14.1. The number of hydrogen-bond donors (Lipinski definition) is 3. The molecule has 10 heteroatoms. The summed E-state index contributed by atoms with van der Waals surface area (Å²) in [6.45, 7) is 1.24. The lowest BCUT2D eigenvalue weighted by molar-refractivity contribution is -0.141. The Morgan fingerprint density at radius 1 is 1.25 bits per heavy atom. The molecule has 1 atom stereocenters. The summed E-state index contributed by atoms with van der Waals surface area (Å²) < 4.78 is 51.9. The standard InChI is InChI=1S/C14H13ClF4N4O/c1-7(6-24)20-13-22-11(14(17,18)19)5-12(23-13)21-10-3-2-8(16)4-9(10)15/h2-5,7,24H,6H2,1H3,(H2,20,21,22,23)/t7-/m1/s1. The first-order valence-corrected chi connectivity index (χ1v) is 7.12. The number of rotatable bonds is 5. The zero-order valence-electron chi connectivity index (χ0n) is 12.3. The molecule has 0 amide bonds. The van der Waals surface area contributed by atoms with Crippen LogP contribution in [-0.4, -0.2) is 27.7 Å². The van der Waals surface area contributed by atoms with Crippen molar-refractivity contribution >= 4 is 29.1 Å². The molecule has 24 heavy (non-hydrogen) atoms. The third-order valence-corrected chi connectivity index (χ3v) is 3.17. The number of aromatic nitrogens is 2. The molecule has 0 saturated heterocycles. The highest BCUT2D eigenvalue weighted by Gasteiger charge is 2.34. The lowest BCUT2D eigenvalue weighted by atomic mass is 10.3. The van der Waals surface area contributed by atoms with E-state index in [0.29, 0.717) is 6.07 Å². The van der Waals surface area contributed by atoms with E-state index in [1.807, 2.05) is 0 Å². The van der Waals surface area contributed by atoms with Crippen LogP contribution in [0.3, 0.4) is 0 Å². The molecule has 0 aliphatic heterocycles. The van der Waals surface area contributed by atoms with Crippen LogP contribution in [0.5, 0.6) is 0 Å². The number of anilines is 3. The zero-order valence-corrected chi connectivity index (χ0v) is 13.1. The average molecular weight is 365 g/mol. The van der Waals surface area contributed by atoms with Gasteiger partial charge in [0.05, 0.1) is 17.3 Å². The summed E-state index contributed by atoms with van der Waals surface area (Å²) in [5.74, 6) is -1.08. The molecule has 2 rings (SSSR count). The summed E-state index contributed by atoms with van der Waals surface area (Å²) in [7, 11) is 0. The molecule has 2 aromatic rings. The highest BCUT2D eigenvalue weighted by Crippen LogP contribution is 2.31. The molecule has 0 radical (unpaired) electrons. The van der Waals surface area contributed by atoms with Crippen LogP contribution < -0.4 is 10.6 Å². The van der Waals surface area contributed by atoms with Gasteiger partial charge < -0.3 is 15.7 Å². The number of alkyl halides is 3. The van der Waals surface area contributed by atoms with E-state index in [0.717, 1.165) is 12.1 Å². The molecule has 0 bridgehead atoms. The topological polar surface area (TPSA) is 70.1 Å². The molecule has 130 valence electrons. The van der Waals surface area contributed by atoms with E-state index in [1.54, 1.807) is 6.92 Å². The van der Waals surface area contributed by atoms with Crippen LogP contribution in [0.1, 0.15) is 12.6 Å². The summed E-state index contributed by atoms with van der Waals surface area (Å²) in [4.78, 5) is 7.28. The Morgan fingerprint density at radius 3 is 2.54 bits per heavy atom. The third kappa shape index (κ3) is 4.68. The van der Waals surface area contributed by atoms with Gasteiger partial charge in [0.1, 0.15) is 11.6 Å². The first-order chi connectivity index (χ1) is 11.2. The van der Waals surface area contributed by atoms with Gasteiger partial charge in [-0.1, -0.05) is 11.6 Å². The molecule has 5 nitrogen and oxygen atoms in total. The van der Waals surface area contributed by atoms with Crippen molar-refractivity contribution in [2.24, 2.45) is 0 Å². The second-order valence-corrected chi connectivity index (χ2v) is 5.34. The number of aliphatic hydroxyl groups excluding tert-OH is 1. The number of nitrogens with one attached hydrogen (secondary N) is 2. The van der Waals surface area contributed by atoms with Crippen molar-refractivity contribution in [1.29, 1.82) is 0 Å². The molecule has 0 unspecified atom stereocenters. The largest absolute Gasteiger partial charge is 0.433 e. The van der Waals surface area contributed by atoms with Crippen molar-refractivity contribution in [3.63, 3.8) is 0 Å². The maximum Gasteiger partial charge on any atom is 0.433 e. The second-order valence-electron chi connectivity index (χ2n) is 4.94. The normalized spacial score (nSPS) is 12.8. The van der Waals surface area contributed by atoms with Crippen LogP contribution in [0.2, 0.25) is 5.02 Å². The van der Waals surface area contributed by atoms with Crippen molar-refractivity contribution in [3.05, 3.63) is 40.8 Å². The predicted octanol–water partition coefficient (Wildman–Crippen LogP) is 3.82. The lowest BCUT2D eigenvalue weighted by Gasteiger charge is -2.15. The van der Waals surface area contributed by atoms with E-state index in [2.05, 4.69) is 20.6 Å².